The van der Waals surface area contributed by atoms with E-state index in [1.54, 1.807) is 37.3 Å². The summed E-state index contributed by atoms with van der Waals surface area (Å²) in [6.07, 6.45) is 1.36. The second kappa shape index (κ2) is 16.3. The fourth-order valence-electron chi connectivity index (χ4n) is 3.55. The molecule has 10 N–H and O–H groups in total. The fraction of sp³-hybridized carbons (Fsp3) is 0.560. The van der Waals surface area contributed by atoms with Crippen molar-refractivity contribution in [2.75, 3.05) is 6.54 Å². The molecule has 0 bridgehead atoms. The summed E-state index contributed by atoms with van der Waals surface area (Å²) in [7, 11) is 0. The number of carbonyl (C=O) groups excluding carboxylic acids is 4. The number of nitrogens with two attached hydrogens (primary N) is 3. The third kappa shape index (κ3) is 11.4. The molecule has 5 unspecified atom stereocenters. The van der Waals surface area contributed by atoms with E-state index in [0.29, 0.717) is 31.4 Å². The molecule has 0 radical (unpaired) electrons. The van der Waals surface area contributed by atoms with Crippen LogP contribution in [0.3, 0.4) is 0 Å². The Bertz CT molecular complexity index is 912. The van der Waals surface area contributed by atoms with Crippen molar-refractivity contribution in [1.29, 1.82) is 0 Å². The summed E-state index contributed by atoms with van der Waals surface area (Å²) in [5.74, 6) is -4.41. The topological polar surface area (TPSA) is 220 Å². The molecule has 37 heavy (non-hydrogen) atoms. The lowest BCUT2D eigenvalue weighted by molar-refractivity contribution is -0.142. The average Bonchev–Trinajstić information content (AvgIpc) is 2.86. The summed E-state index contributed by atoms with van der Waals surface area (Å²) < 4.78 is 0. The number of unbranched alkanes of at least 4 members (excludes halogenated alkanes) is 1. The van der Waals surface area contributed by atoms with E-state index < -0.39 is 60.2 Å². The minimum atomic E-state index is -1.36. The first-order chi connectivity index (χ1) is 17.5. The van der Waals surface area contributed by atoms with Gasteiger partial charge in [-0.25, -0.2) is 4.79 Å². The minimum Gasteiger partial charge on any atom is -0.480 e. The first-order valence-electron chi connectivity index (χ1n) is 12.4. The van der Waals surface area contributed by atoms with Crippen LogP contribution in [-0.2, 0) is 30.4 Å². The Morgan fingerprint density at radius 3 is 2.00 bits per heavy atom. The number of amides is 4. The van der Waals surface area contributed by atoms with Crippen LogP contribution in [0.5, 0.6) is 0 Å². The fourth-order valence-corrected chi connectivity index (χ4v) is 3.55. The molecule has 0 saturated heterocycles. The van der Waals surface area contributed by atoms with E-state index in [9.17, 15) is 29.1 Å². The summed E-state index contributed by atoms with van der Waals surface area (Å²) >= 11 is 0. The van der Waals surface area contributed by atoms with Crippen LogP contribution in [0.25, 0.3) is 0 Å². The molecule has 1 aromatic rings. The van der Waals surface area contributed by atoms with Gasteiger partial charge in [-0.1, -0.05) is 50.6 Å². The Labute approximate surface area is 217 Å². The predicted octanol–water partition coefficient (Wildman–Crippen LogP) is -0.854. The number of hydrogen-bond acceptors (Lipinski definition) is 7. The second-order valence-corrected chi connectivity index (χ2v) is 9.08. The van der Waals surface area contributed by atoms with E-state index in [2.05, 4.69) is 16.0 Å². The number of benzene rings is 1. The lowest BCUT2D eigenvalue weighted by atomic mass is 9.98. The standard InChI is InChI=1S/C25H40N6O6/c1-3-15(2)21(28)24(35)30-18(14-20(27)32)23(34)29-17(11-7-8-12-26)22(33)31-19(25(36)37)13-16-9-5-4-6-10-16/h4-6,9-10,15,17-19,21H,3,7-8,11-14,26,28H2,1-2H3,(H2,27,32)(H,29,34)(H,30,35)(H,31,33)(H,36,37). The zero-order valence-electron chi connectivity index (χ0n) is 21.4. The molecule has 1 aromatic carbocycles. The third-order valence-corrected chi connectivity index (χ3v) is 6.08. The molecule has 12 nitrogen and oxygen atoms in total. The molecule has 12 heteroatoms. The largest absolute Gasteiger partial charge is 0.480 e. The van der Waals surface area contributed by atoms with Crippen LogP contribution in [0.1, 0.15) is 51.5 Å². The Morgan fingerprint density at radius 1 is 0.892 bits per heavy atom. The maximum atomic E-state index is 13.1. The van der Waals surface area contributed by atoms with Gasteiger partial charge < -0.3 is 38.3 Å². The molecule has 0 saturated carbocycles. The van der Waals surface area contributed by atoms with Gasteiger partial charge in [0, 0.05) is 6.42 Å². The van der Waals surface area contributed by atoms with Gasteiger partial charge >= 0.3 is 5.97 Å². The molecule has 0 spiro atoms. The van der Waals surface area contributed by atoms with E-state index in [-0.39, 0.29) is 18.8 Å². The van der Waals surface area contributed by atoms with E-state index >= 15 is 0 Å². The third-order valence-electron chi connectivity index (χ3n) is 6.08. The van der Waals surface area contributed by atoms with Crippen molar-refractivity contribution in [2.24, 2.45) is 23.1 Å². The zero-order valence-corrected chi connectivity index (χ0v) is 21.4. The summed E-state index contributed by atoms with van der Waals surface area (Å²) in [4.78, 5) is 62.0. The normalized spacial score (nSPS) is 14.9. The summed E-state index contributed by atoms with van der Waals surface area (Å²) in [5.41, 5.74) is 17.5. The molecular weight excluding hydrogens is 480 g/mol. The first kappa shape index (κ1) is 31.5. The molecule has 0 aliphatic rings. The number of rotatable bonds is 17. The number of aliphatic carboxylic acids is 1. The molecule has 0 aliphatic heterocycles. The van der Waals surface area contributed by atoms with Gasteiger partial charge in [0.25, 0.3) is 0 Å². The number of carboxylic acids is 1. The number of hydrogen-bond donors (Lipinski definition) is 7. The maximum Gasteiger partial charge on any atom is 0.326 e. The van der Waals surface area contributed by atoms with Crippen molar-refractivity contribution < 1.29 is 29.1 Å². The molecule has 206 valence electrons. The Kier molecular flexibility index (Phi) is 13.9. The van der Waals surface area contributed by atoms with E-state index in [0.717, 1.165) is 0 Å². The smallest absolute Gasteiger partial charge is 0.326 e. The Morgan fingerprint density at radius 2 is 1.46 bits per heavy atom. The molecule has 0 aromatic heterocycles. The van der Waals surface area contributed by atoms with Crippen LogP contribution < -0.4 is 33.2 Å². The summed E-state index contributed by atoms with van der Waals surface area (Å²) in [6.45, 7) is 4.00. The first-order valence-corrected chi connectivity index (χ1v) is 12.4. The highest BCUT2D eigenvalue weighted by atomic mass is 16.4. The van der Waals surface area contributed by atoms with Crippen molar-refractivity contribution in [3.8, 4) is 0 Å². The van der Waals surface area contributed by atoms with Gasteiger partial charge in [-0.3, -0.25) is 19.2 Å². The molecular formula is C25H40N6O6. The van der Waals surface area contributed by atoms with Crippen LogP contribution in [0, 0.1) is 5.92 Å². The Hall–Kier alpha value is -3.51. The zero-order chi connectivity index (χ0) is 28.0. The molecule has 5 atom stereocenters. The van der Waals surface area contributed by atoms with Crippen LogP contribution >= 0.6 is 0 Å². The van der Waals surface area contributed by atoms with Crippen molar-refractivity contribution in [1.82, 2.24) is 16.0 Å². The van der Waals surface area contributed by atoms with E-state index in [1.807, 2.05) is 6.92 Å². The van der Waals surface area contributed by atoms with Gasteiger partial charge in [0.15, 0.2) is 0 Å². The van der Waals surface area contributed by atoms with Gasteiger partial charge in [-0.15, -0.1) is 0 Å². The van der Waals surface area contributed by atoms with Crippen LogP contribution in [0.4, 0.5) is 0 Å². The average molecular weight is 521 g/mol. The van der Waals surface area contributed by atoms with Gasteiger partial charge in [0.05, 0.1) is 12.5 Å². The van der Waals surface area contributed by atoms with E-state index in [1.165, 1.54) is 0 Å². The lowest BCUT2D eigenvalue weighted by Gasteiger charge is -2.25. The molecule has 0 fully saturated rings. The lowest BCUT2D eigenvalue weighted by Crippen LogP contribution is -2.58. The summed E-state index contributed by atoms with van der Waals surface area (Å²) in [6, 6.07) is 4.14. The molecule has 0 aliphatic carbocycles. The highest BCUT2D eigenvalue weighted by Crippen LogP contribution is 2.09. The van der Waals surface area contributed by atoms with Crippen molar-refractivity contribution in [2.45, 2.75) is 76.5 Å². The summed E-state index contributed by atoms with van der Waals surface area (Å²) in [5, 5.41) is 17.1. The maximum absolute atomic E-state index is 13.1. The van der Waals surface area contributed by atoms with Crippen molar-refractivity contribution in [3.63, 3.8) is 0 Å². The van der Waals surface area contributed by atoms with Crippen molar-refractivity contribution in [3.05, 3.63) is 35.9 Å². The molecule has 1 rings (SSSR count). The van der Waals surface area contributed by atoms with E-state index in [4.69, 9.17) is 17.2 Å². The number of carbonyl (C=O) groups is 5. The van der Waals surface area contributed by atoms with Gasteiger partial charge in [-0.05, 0) is 37.3 Å². The van der Waals surface area contributed by atoms with Crippen molar-refractivity contribution >= 4 is 29.6 Å². The number of primary amides is 1. The minimum absolute atomic E-state index is 0.0409. The van der Waals surface area contributed by atoms with Crippen LogP contribution in [-0.4, -0.2) is 65.4 Å². The van der Waals surface area contributed by atoms with Gasteiger partial charge in [0.2, 0.25) is 23.6 Å². The molecule has 0 heterocycles. The number of nitrogens with one attached hydrogen (secondary N) is 3. The van der Waals surface area contributed by atoms with Crippen LogP contribution in [0.2, 0.25) is 0 Å². The number of carboxylic acid groups (broad SMARTS) is 1. The quantitative estimate of drug-likeness (QED) is 0.128. The predicted molar refractivity (Wildman–Crippen MR) is 138 cm³/mol. The monoisotopic (exact) mass is 520 g/mol. The SMILES string of the molecule is CCC(C)C(N)C(=O)NC(CC(N)=O)C(=O)NC(CCCCN)C(=O)NC(Cc1ccccc1)C(=O)O. The second-order valence-electron chi connectivity index (χ2n) is 9.08. The molecule has 4 amide bonds. The Balaban J connectivity index is 3.03. The van der Waals surface area contributed by atoms with Gasteiger partial charge in [-0.2, -0.15) is 0 Å². The van der Waals surface area contributed by atoms with Crippen LogP contribution in [0.15, 0.2) is 30.3 Å². The van der Waals surface area contributed by atoms with Gasteiger partial charge in [0.1, 0.15) is 18.1 Å². The highest BCUT2D eigenvalue weighted by Gasteiger charge is 2.31. The highest BCUT2D eigenvalue weighted by molar-refractivity contribution is 5.96.